The fraction of sp³-hybridized carbons (Fsp3) is 0.765. The first kappa shape index (κ1) is 44.2. The third kappa shape index (κ3) is 6.94. The highest BCUT2D eigenvalue weighted by Crippen LogP contribution is 2.65. The van der Waals surface area contributed by atoms with E-state index < -0.39 is 83.8 Å². The van der Waals surface area contributed by atoms with Crippen LogP contribution in [0.25, 0.3) is 0 Å². The number of aromatic hydroxyl groups is 1. The molecular weight excluding hydrogens is 777 g/mol. The molecule has 2 N–H and O–H groups in total. The first-order valence-corrected chi connectivity index (χ1v) is 16.9. The van der Waals surface area contributed by atoms with E-state index in [1.165, 1.54) is 6.07 Å². The number of nitrogens with zero attached hydrogens (tertiary/aromatic N) is 1. The van der Waals surface area contributed by atoms with E-state index in [1.54, 1.807) is 12.1 Å². The number of phenolic OH excluding ortho intramolecular Hbond substituents is 1. The number of alkyl halides is 16. The van der Waals surface area contributed by atoms with Crippen LogP contribution in [0.2, 0.25) is 0 Å². The molecule has 0 heterocycles. The van der Waals surface area contributed by atoms with Crippen molar-refractivity contribution >= 4 is 0 Å². The first-order valence-electron chi connectivity index (χ1n) is 16.9. The number of unbranched alkanes of at least 4 members (excludes halogenated alkanes) is 2. The molecule has 0 saturated heterocycles. The fourth-order valence-corrected chi connectivity index (χ4v) is 8.57. The Bertz CT molecular complexity index is 1530. The Balaban J connectivity index is 1.38. The maximum absolute atomic E-state index is 15.9. The predicted octanol–water partition coefficient (Wildman–Crippen LogP) is 10.5. The number of benzene rings is 1. The van der Waals surface area contributed by atoms with Crippen LogP contribution >= 0.6 is 0 Å². The van der Waals surface area contributed by atoms with Gasteiger partial charge in [-0.3, -0.25) is 0 Å². The highest BCUT2D eigenvalue weighted by Gasteiger charge is 2.93. The molecule has 0 amide bonds. The lowest BCUT2D eigenvalue weighted by Crippen LogP contribution is -2.72. The van der Waals surface area contributed by atoms with Crippen molar-refractivity contribution in [1.82, 2.24) is 4.90 Å². The first-order chi connectivity index (χ1) is 24.4. The van der Waals surface area contributed by atoms with Gasteiger partial charge in [0, 0.05) is 12.5 Å². The van der Waals surface area contributed by atoms with Crippen LogP contribution in [-0.2, 0) is 6.42 Å². The van der Waals surface area contributed by atoms with Gasteiger partial charge in [0.25, 0.3) is 0 Å². The van der Waals surface area contributed by atoms with Crippen molar-refractivity contribution in [3.05, 3.63) is 41.2 Å². The minimum atomic E-state index is -8.49. The predicted molar refractivity (Wildman–Crippen MR) is 159 cm³/mol. The molecule has 3 nitrogen and oxygen atoms in total. The van der Waals surface area contributed by atoms with E-state index in [2.05, 4.69) is 0 Å². The van der Waals surface area contributed by atoms with Crippen molar-refractivity contribution in [2.45, 2.75) is 118 Å². The average Bonchev–Trinajstić information content (AvgIpc) is 3.34. The molecule has 54 heavy (non-hydrogen) atoms. The van der Waals surface area contributed by atoms with Crippen LogP contribution < -0.4 is 0 Å². The number of likely N-dealkylation sites (N-methyl/N-ethyl adjacent to an activating group) is 1. The van der Waals surface area contributed by atoms with Gasteiger partial charge in [-0.25, -0.2) is 8.78 Å². The van der Waals surface area contributed by atoms with Crippen LogP contribution in [0.4, 0.5) is 74.6 Å². The number of hydrogen-bond donors (Lipinski definition) is 2. The monoisotopic (exact) mass is 815 g/mol. The topological polar surface area (TPSA) is 43.7 Å². The summed E-state index contributed by atoms with van der Waals surface area (Å²) in [7, 11) is 1.10. The van der Waals surface area contributed by atoms with Gasteiger partial charge in [0.15, 0.2) is 5.83 Å². The number of hydrogen-bond acceptors (Lipinski definition) is 3. The third-order valence-corrected chi connectivity index (χ3v) is 11.6. The number of allylic oxidation sites excluding steroid dienone is 1. The van der Waals surface area contributed by atoms with Gasteiger partial charge in [0.2, 0.25) is 0 Å². The van der Waals surface area contributed by atoms with Gasteiger partial charge in [-0.2, -0.15) is 65.9 Å². The van der Waals surface area contributed by atoms with Crippen LogP contribution in [-0.4, -0.2) is 89.2 Å². The molecule has 0 aromatic heterocycles. The number of phenols is 1. The normalized spacial score (nSPS) is 28.9. The van der Waals surface area contributed by atoms with Crippen molar-refractivity contribution in [2.75, 3.05) is 20.1 Å². The number of fused-ring (bicyclic) bond motifs is 5. The zero-order valence-electron chi connectivity index (χ0n) is 28.6. The number of aliphatic hydroxyl groups excluding tert-OH is 1. The lowest BCUT2D eigenvalue weighted by atomic mass is 9.51. The Labute approximate surface area is 298 Å². The number of halogens is 17. The molecule has 0 spiro atoms. The minimum absolute atomic E-state index is 0.00656. The number of rotatable bonds is 14. The zero-order valence-corrected chi connectivity index (χ0v) is 28.6. The molecular formula is C34H38F17NO2. The van der Waals surface area contributed by atoms with Crippen LogP contribution in [0.1, 0.15) is 68.9 Å². The summed E-state index contributed by atoms with van der Waals surface area (Å²) in [4.78, 5) is 0.981. The second-order valence-electron chi connectivity index (χ2n) is 15.0. The van der Waals surface area contributed by atoms with Crippen LogP contribution in [0.3, 0.4) is 0 Å². The van der Waals surface area contributed by atoms with Crippen molar-refractivity contribution in [2.24, 2.45) is 23.2 Å². The lowest BCUT2D eigenvalue weighted by Gasteiger charge is -2.54. The summed E-state index contributed by atoms with van der Waals surface area (Å²) >= 11 is 0. The molecule has 1 aromatic carbocycles. The van der Waals surface area contributed by atoms with E-state index in [4.69, 9.17) is 0 Å². The Hall–Kier alpha value is -2.51. The molecule has 7 atom stereocenters. The Morgan fingerprint density at radius 1 is 0.833 bits per heavy atom. The quantitative estimate of drug-likeness (QED) is 0.145. The largest absolute Gasteiger partial charge is 0.508 e. The lowest BCUT2D eigenvalue weighted by molar-refractivity contribution is -0.450. The summed E-state index contributed by atoms with van der Waals surface area (Å²) in [5.41, 5.74) is 0.952. The minimum Gasteiger partial charge on any atom is -0.508 e. The molecule has 0 unspecified atom stereocenters. The second kappa shape index (κ2) is 14.5. The van der Waals surface area contributed by atoms with Gasteiger partial charge in [0.05, 0.1) is 6.10 Å². The summed E-state index contributed by atoms with van der Waals surface area (Å²) < 4.78 is 232. The van der Waals surface area contributed by atoms with E-state index in [0.717, 1.165) is 23.1 Å². The van der Waals surface area contributed by atoms with Crippen molar-refractivity contribution < 1.29 is 84.9 Å². The molecule has 0 aliphatic heterocycles. The van der Waals surface area contributed by atoms with Gasteiger partial charge in [-0.15, -0.1) is 0 Å². The van der Waals surface area contributed by atoms with Gasteiger partial charge < -0.3 is 15.1 Å². The van der Waals surface area contributed by atoms with Crippen LogP contribution in [0.5, 0.6) is 5.75 Å². The molecule has 2 fully saturated rings. The summed E-state index contributed by atoms with van der Waals surface area (Å²) in [6, 6.07) is 4.78. The Morgan fingerprint density at radius 3 is 2.00 bits per heavy atom. The Kier molecular flexibility index (Phi) is 11.8. The molecule has 310 valence electrons. The van der Waals surface area contributed by atoms with E-state index in [0.29, 0.717) is 38.5 Å². The van der Waals surface area contributed by atoms with Gasteiger partial charge >= 0.3 is 41.7 Å². The fourth-order valence-electron chi connectivity index (χ4n) is 8.57. The van der Waals surface area contributed by atoms with Crippen molar-refractivity contribution in [3.63, 3.8) is 0 Å². The molecule has 0 radical (unpaired) electrons. The molecule has 3 aliphatic carbocycles. The molecule has 0 bridgehead atoms. The van der Waals surface area contributed by atoms with Gasteiger partial charge in [-0.1, -0.05) is 25.8 Å². The van der Waals surface area contributed by atoms with Gasteiger partial charge in [-0.05, 0) is 105 Å². The summed E-state index contributed by atoms with van der Waals surface area (Å²) in [6.07, 6.45) is -6.57. The van der Waals surface area contributed by atoms with E-state index in [-0.39, 0.29) is 42.9 Å². The summed E-state index contributed by atoms with van der Waals surface area (Å²) in [6.45, 7) is 0.700. The number of aliphatic hydroxyl groups is 1. The smallest absolute Gasteiger partial charge is 0.460 e. The van der Waals surface area contributed by atoms with E-state index in [9.17, 15) is 80.5 Å². The highest BCUT2D eigenvalue weighted by molar-refractivity contribution is 5.41. The summed E-state index contributed by atoms with van der Waals surface area (Å²) in [5, 5.41) is 20.8. The molecule has 20 heteroatoms. The second-order valence-corrected chi connectivity index (χ2v) is 15.0. The molecule has 3 aliphatic rings. The average molecular weight is 816 g/mol. The van der Waals surface area contributed by atoms with Crippen LogP contribution in [0, 0.1) is 23.2 Å². The van der Waals surface area contributed by atoms with Crippen LogP contribution in [0.15, 0.2) is 30.1 Å². The summed E-state index contributed by atoms with van der Waals surface area (Å²) in [5.74, 6) is -52.7. The molecule has 2 saturated carbocycles. The third-order valence-electron chi connectivity index (χ3n) is 11.6. The van der Waals surface area contributed by atoms with E-state index >= 15 is 4.39 Å². The zero-order chi connectivity index (χ0) is 41.3. The van der Waals surface area contributed by atoms with E-state index in [1.807, 2.05) is 6.92 Å². The van der Waals surface area contributed by atoms with Crippen molar-refractivity contribution in [1.29, 1.82) is 0 Å². The standard InChI is InChI=1S/C34H38F17NO2/c1-27-16-22(35)26-20-8-7-19(53)15-18(20)14-17(25(26)21(27)9-10-24(27)54)6-4-3-5-12-52(2)13-11-23(36)28(37,38)29(39,40)30(41,42)31(43,44)32(45,46)33(47,48)34(49,50)51/h7-8,11,15,17,21-22,24-26,53-54H,3-6,9-10,12-14,16H2,1-2H3/b23-11-/t17-,21+,22+,24+,25+,26+,27+/m1/s1. The maximum Gasteiger partial charge on any atom is 0.460 e. The van der Waals surface area contributed by atoms with Crippen molar-refractivity contribution in [3.8, 4) is 5.75 Å². The molecule has 1 aromatic rings. The highest BCUT2D eigenvalue weighted by atomic mass is 19.4. The Morgan fingerprint density at radius 2 is 1.41 bits per heavy atom. The molecule has 4 rings (SSSR count). The SMILES string of the molecule is CN(C/C=C(\F)C(F)(F)C(F)(F)C(F)(F)C(F)(F)C(F)(F)C(F)(F)C(F)(F)F)CCCCC[C@@H]1Cc2cc(O)ccc2[C@@H]2[C@@H]1[C@@H]1CC[C@H](O)[C@@]1(C)C[C@@H]2F. The maximum atomic E-state index is 15.9. The van der Waals surface area contributed by atoms with Gasteiger partial charge in [0.1, 0.15) is 11.9 Å².